The third-order valence-corrected chi connectivity index (χ3v) is 12.4. The fourth-order valence-electron chi connectivity index (χ4n) is 8.56. The highest BCUT2D eigenvalue weighted by atomic mass is 32.1. The number of thiophene rings is 1. The molecule has 0 saturated heterocycles. The fraction of sp³-hybridized carbons (Fsp3) is 0. The fourth-order valence-corrected chi connectivity index (χ4v) is 9.70. The predicted molar refractivity (Wildman–Crippen MR) is 238 cm³/mol. The molecule has 0 saturated carbocycles. The highest BCUT2D eigenvalue weighted by Crippen LogP contribution is 2.38. The lowest BCUT2D eigenvalue weighted by Gasteiger charge is -2.13. The van der Waals surface area contributed by atoms with E-state index >= 15 is 0 Å². The quantitative estimate of drug-likeness (QED) is 0.176. The minimum absolute atomic E-state index is 0.569. The van der Waals surface area contributed by atoms with Crippen molar-refractivity contribution in [1.82, 2.24) is 24.1 Å². The van der Waals surface area contributed by atoms with E-state index in [1.54, 1.807) is 0 Å². The highest BCUT2D eigenvalue weighted by molar-refractivity contribution is 7.25. The molecule has 0 fully saturated rings. The van der Waals surface area contributed by atoms with E-state index in [4.69, 9.17) is 15.0 Å². The van der Waals surface area contributed by atoms with Crippen LogP contribution in [0.2, 0.25) is 0 Å². The first-order valence-electron chi connectivity index (χ1n) is 19.1. The Morgan fingerprint density at radius 3 is 1.26 bits per heavy atom. The lowest BCUT2D eigenvalue weighted by atomic mass is 9.98. The molecular formula is C51H31N5S. The number of aromatic nitrogens is 5. The van der Waals surface area contributed by atoms with Gasteiger partial charge in [-0.25, -0.2) is 0 Å². The Hall–Kier alpha value is -7.41. The molecule has 0 spiro atoms. The zero-order valence-corrected chi connectivity index (χ0v) is 31.4. The standard InChI is InChI=1S/C51H31N5S/c1-6-19-43-37(14-1)38-15-2-7-20-44(38)55(43)50-52-49(53-51(54-50)56-45-21-8-3-16-39(45)40-17-4-9-22-46(40)56)36-13-11-12-34(30-36)32-24-26-33(27-25-32)35-28-29-42-41-18-5-10-23-47(41)57-48(42)31-35/h1-31H. The molecule has 0 amide bonds. The first-order chi connectivity index (χ1) is 28.2. The van der Waals surface area contributed by atoms with Crippen molar-refractivity contribution < 1.29 is 0 Å². The van der Waals surface area contributed by atoms with Gasteiger partial charge in [-0.1, -0.05) is 146 Å². The molecule has 4 heterocycles. The van der Waals surface area contributed by atoms with Gasteiger partial charge in [0.1, 0.15) is 0 Å². The van der Waals surface area contributed by atoms with E-state index in [0.29, 0.717) is 17.7 Å². The van der Waals surface area contributed by atoms with Crippen molar-refractivity contribution >= 4 is 75.1 Å². The van der Waals surface area contributed by atoms with Crippen molar-refractivity contribution in [3.05, 3.63) is 188 Å². The monoisotopic (exact) mass is 745 g/mol. The van der Waals surface area contributed by atoms with Gasteiger partial charge < -0.3 is 0 Å². The van der Waals surface area contributed by atoms with Crippen molar-refractivity contribution in [2.75, 3.05) is 0 Å². The Kier molecular flexibility index (Phi) is 7.03. The van der Waals surface area contributed by atoms with Crippen molar-refractivity contribution in [1.29, 1.82) is 0 Å². The van der Waals surface area contributed by atoms with Crippen LogP contribution >= 0.6 is 11.3 Å². The van der Waals surface area contributed by atoms with E-state index in [0.717, 1.165) is 60.3 Å². The van der Waals surface area contributed by atoms with Crippen LogP contribution in [0.25, 0.3) is 109 Å². The van der Waals surface area contributed by atoms with E-state index in [-0.39, 0.29) is 0 Å². The summed E-state index contributed by atoms with van der Waals surface area (Å²) in [6.45, 7) is 0. The number of para-hydroxylation sites is 4. The van der Waals surface area contributed by atoms with Gasteiger partial charge in [-0.2, -0.15) is 15.0 Å². The molecule has 0 aliphatic heterocycles. The maximum atomic E-state index is 5.30. The number of nitrogens with zero attached hydrogens (tertiary/aromatic N) is 5. The highest BCUT2D eigenvalue weighted by Gasteiger charge is 2.20. The molecule has 8 aromatic carbocycles. The summed E-state index contributed by atoms with van der Waals surface area (Å²) >= 11 is 1.85. The van der Waals surface area contributed by atoms with Gasteiger partial charge in [0.15, 0.2) is 5.82 Å². The Labute approximate surface area is 331 Å². The van der Waals surface area contributed by atoms with Crippen LogP contribution in [0.4, 0.5) is 0 Å². The Balaban J connectivity index is 1.01. The van der Waals surface area contributed by atoms with Crippen molar-refractivity contribution in [3.63, 3.8) is 0 Å². The van der Waals surface area contributed by atoms with Crippen molar-refractivity contribution in [2.24, 2.45) is 0 Å². The molecule has 0 unspecified atom stereocenters. The number of hydrogen-bond acceptors (Lipinski definition) is 4. The third kappa shape index (κ3) is 5.04. The molecule has 0 aliphatic rings. The van der Waals surface area contributed by atoms with Crippen molar-refractivity contribution in [3.8, 4) is 45.5 Å². The van der Waals surface area contributed by atoms with Crippen LogP contribution < -0.4 is 0 Å². The summed E-state index contributed by atoms with van der Waals surface area (Å²) in [5.74, 6) is 1.74. The second-order valence-electron chi connectivity index (χ2n) is 14.5. The maximum Gasteiger partial charge on any atom is 0.240 e. The summed E-state index contributed by atoms with van der Waals surface area (Å²) in [5, 5.41) is 7.26. The zero-order chi connectivity index (χ0) is 37.5. The molecule has 0 radical (unpaired) electrons. The molecule has 0 atom stereocenters. The summed E-state index contributed by atoms with van der Waals surface area (Å²) in [7, 11) is 0. The van der Waals surface area contributed by atoms with E-state index in [1.807, 2.05) is 11.3 Å². The molecule has 12 aromatic rings. The topological polar surface area (TPSA) is 48.5 Å². The van der Waals surface area contributed by atoms with Gasteiger partial charge in [0.2, 0.25) is 11.9 Å². The van der Waals surface area contributed by atoms with E-state index in [2.05, 4.69) is 197 Å². The second kappa shape index (κ2) is 12.6. The summed E-state index contributed by atoms with van der Waals surface area (Å²) < 4.78 is 6.98. The zero-order valence-electron chi connectivity index (χ0n) is 30.5. The van der Waals surface area contributed by atoms with Gasteiger partial charge in [-0.15, -0.1) is 11.3 Å². The number of fused-ring (bicyclic) bond motifs is 9. The van der Waals surface area contributed by atoms with Crippen molar-refractivity contribution in [2.45, 2.75) is 0 Å². The van der Waals surface area contributed by atoms with Crippen LogP contribution in [0, 0.1) is 0 Å². The first-order valence-corrected chi connectivity index (χ1v) is 19.9. The first kappa shape index (κ1) is 31.9. The van der Waals surface area contributed by atoms with Crippen LogP contribution in [-0.2, 0) is 0 Å². The average molecular weight is 746 g/mol. The molecule has 0 N–H and O–H groups in total. The average Bonchev–Trinajstić information content (AvgIpc) is 3.94. The van der Waals surface area contributed by atoms with Crippen LogP contribution in [0.3, 0.4) is 0 Å². The predicted octanol–water partition coefficient (Wildman–Crippen LogP) is 13.4. The Morgan fingerprint density at radius 2 is 0.719 bits per heavy atom. The summed E-state index contributed by atoms with van der Waals surface area (Å²) in [6.07, 6.45) is 0. The van der Waals surface area contributed by atoms with Crippen LogP contribution in [0.15, 0.2) is 188 Å². The van der Waals surface area contributed by atoms with Gasteiger partial charge in [0.05, 0.1) is 22.1 Å². The lowest BCUT2D eigenvalue weighted by molar-refractivity contribution is 0.893. The number of rotatable bonds is 5. The Morgan fingerprint density at radius 1 is 0.298 bits per heavy atom. The van der Waals surface area contributed by atoms with E-state index < -0.39 is 0 Å². The molecule has 0 aliphatic carbocycles. The van der Waals surface area contributed by atoms with Crippen LogP contribution in [0.1, 0.15) is 0 Å². The lowest BCUT2D eigenvalue weighted by Crippen LogP contribution is -2.10. The van der Waals surface area contributed by atoms with E-state index in [9.17, 15) is 0 Å². The second-order valence-corrected chi connectivity index (χ2v) is 15.5. The SMILES string of the molecule is c1cc(-c2ccc(-c3ccc4c(c3)sc3ccccc34)cc2)cc(-c2nc(-n3c4ccccc4c4ccccc43)nc(-n3c4ccccc4c4ccccc43)n2)c1. The number of benzene rings is 8. The minimum atomic E-state index is 0.569. The summed E-state index contributed by atoms with van der Waals surface area (Å²) in [5.41, 5.74) is 9.73. The van der Waals surface area contributed by atoms with Gasteiger partial charge in [-0.3, -0.25) is 9.13 Å². The van der Waals surface area contributed by atoms with Crippen LogP contribution in [-0.4, -0.2) is 24.1 Å². The molecule has 5 nitrogen and oxygen atoms in total. The maximum absolute atomic E-state index is 5.30. The van der Waals surface area contributed by atoms with E-state index in [1.165, 1.54) is 31.3 Å². The van der Waals surface area contributed by atoms with Gasteiger partial charge in [-0.05, 0) is 64.7 Å². The van der Waals surface area contributed by atoms with Crippen LogP contribution in [0.5, 0.6) is 0 Å². The molecule has 0 bridgehead atoms. The summed E-state index contributed by atoms with van der Waals surface area (Å²) in [4.78, 5) is 15.8. The molecular weight excluding hydrogens is 715 g/mol. The smallest absolute Gasteiger partial charge is 0.240 e. The molecule has 12 rings (SSSR count). The summed E-state index contributed by atoms with van der Waals surface area (Å²) in [6, 6.07) is 66.8. The third-order valence-electron chi connectivity index (χ3n) is 11.2. The van der Waals surface area contributed by atoms with Gasteiger partial charge in [0, 0.05) is 47.3 Å². The largest absolute Gasteiger partial charge is 0.278 e. The van der Waals surface area contributed by atoms with Gasteiger partial charge in [0.25, 0.3) is 0 Å². The Bertz CT molecular complexity index is 3300. The van der Waals surface area contributed by atoms with Gasteiger partial charge >= 0.3 is 0 Å². The molecule has 266 valence electrons. The molecule has 57 heavy (non-hydrogen) atoms. The number of hydrogen-bond donors (Lipinski definition) is 0. The normalized spacial score (nSPS) is 11.9. The minimum Gasteiger partial charge on any atom is -0.278 e. The molecule has 4 aromatic heterocycles. The molecule has 6 heteroatoms.